The third-order valence-corrected chi connectivity index (χ3v) is 5.03. The Hall–Kier alpha value is -1.66. The van der Waals surface area contributed by atoms with Gasteiger partial charge in [0, 0.05) is 5.56 Å². The topological polar surface area (TPSA) is 63.2 Å². The van der Waals surface area contributed by atoms with Gasteiger partial charge in [-0.15, -0.1) is 11.3 Å². The third kappa shape index (κ3) is 2.77. The molecule has 94 valence electrons. The van der Waals surface area contributed by atoms with E-state index >= 15 is 0 Å². The first-order chi connectivity index (χ1) is 8.49. The van der Waals surface area contributed by atoms with Crippen molar-refractivity contribution in [2.45, 2.75) is 11.1 Å². The minimum absolute atomic E-state index is 0.128. The molecule has 2 rings (SSSR count). The van der Waals surface area contributed by atoms with Crippen LogP contribution in [0.2, 0.25) is 0 Å². The summed E-state index contributed by atoms with van der Waals surface area (Å²) < 4.78 is 25.8. The van der Waals surface area contributed by atoms with E-state index < -0.39 is 15.9 Å². The van der Waals surface area contributed by atoms with Gasteiger partial charge in [0.05, 0.1) is 0 Å². The van der Waals surface area contributed by atoms with Gasteiger partial charge in [-0.1, -0.05) is 23.8 Å². The monoisotopic (exact) mass is 281 g/mol. The smallest absolute Gasteiger partial charge is 0.268 e. The minimum atomic E-state index is -3.76. The molecule has 18 heavy (non-hydrogen) atoms. The molecular formula is C12H11NO3S2. The second-order valence-electron chi connectivity index (χ2n) is 3.73. The highest BCUT2D eigenvalue weighted by Gasteiger charge is 2.19. The van der Waals surface area contributed by atoms with Gasteiger partial charge in [0.15, 0.2) is 0 Å². The molecule has 0 saturated heterocycles. The molecule has 0 aliphatic rings. The normalized spacial score (nSPS) is 11.2. The van der Waals surface area contributed by atoms with Crippen LogP contribution in [0.15, 0.2) is 46.0 Å². The number of carbonyl (C=O) groups excluding carboxylic acids is 1. The molecule has 6 heteroatoms. The van der Waals surface area contributed by atoms with Crippen molar-refractivity contribution in [1.29, 1.82) is 0 Å². The van der Waals surface area contributed by atoms with Crippen molar-refractivity contribution in [1.82, 2.24) is 4.72 Å². The summed E-state index contributed by atoms with van der Waals surface area (Å²) in [5, 5.41) is 1.64. The summed E-state index contributed by atoms with van der Waals surface area (Å²) in [6.45, 7) is 1.89. The lowest BCUT2D eigenvalue weighted by Crippen LogP contribution is -2.29. The second kappa shape index (κ2) is 4.91. The van der Waals surface area contributed by atoms with Gasteiger partial charge in [0.25, 0.3) is 15.9 Å². The molecule has 0 saturated carbocycles. The zero-order chi connectivity index (χ0) is 13.2. The van der Waals surface area contributed by atoms with E-state index in [-0.39, 0.29) is 4.21 Å². The first-order valence-electron chi connectivity index (χ1n) is 5.16. The fourth-order valence-electron chi connectivity index (χ4n) is 1.35. The zero-order valence-electron chi connectivity index (χ0n) is 9.58. The summed E-state index contributed by atoms with van der Waals surface area (Å²) >= 11 is 1.07. The van der Waals surface area contributed by atoms with E-state index in [2.05, 4.69) is 0 Å². The van der Waals surface area contributed by atoms with Gasteiger partial charge in [-0.25, -0.2) is 13.1 Å². The van der Waals surface area contributed by atoms with Crippen LogP contribution in [0.5, 0.6) is 0 Å². The lowest BCUT2D eigenvalue weighted by Gasteiger charge is -2.05. The van der Waals surface area contributed by atoms with E-state index in [9.17, 15) is 13.2 Å². The number of carbonyl (C=O) groups is 1. The molecule has 0 radical (unpaired) electrons. The molecule has 0 fully saturated rings. The standard InChI is InChI=1S/C12H11NO3S2/c1-9-4-6-10(7-5-9)12(14)13-18(15,16)11-3-2-8-17-11/h2-8H,1H3,(H,13,14). The summed E-state index contributed by atoms with van der Waals surface area (Å²) in [5.41, 5.74) is 1.33. The molecular weight excluding hydrogens is 270 g/mol. The molecule has 2 aromatic rings. The Kier molecular flexibility index (Phi) is 3.49. The van der Waals surface area contributed by atoms with Crippen LogP contribution in [0.4, 0.5) is 0 Å². The quantitative estimate of drug-likeness (QED) is 0.938. The number of thiophene rings is 1. The number of aryl methyl sites for hydroxylation is 1. The van der Waals surface area contributed by atoms with Crippen LogP contribution in [-0.4, -0.2) is 14.3 Å². The Bertz CT molecular complexity index is 643. The predicted molar refractivity (Wildman–Crippen MR) is 70.2 cm³/mol. The highest BCUT2D eigenvalue weighted by atomic mass is 32.2. The first kappa shape index (κ1) is 12.8. The van der Waals surface area contributed by atoms with E-state index in [1.165, 1.54) is 6.07 Å². The number of sulfonamides is 1. The molecule has 0 aliphatic heterocycles. The maximum Gasteiger partial charge on any atom is 0.273 e. The summed E-state index contributed by atoms with van der Waals surface area (Å²) in [5.74, 6) is -0.622. The molecule has 0 bridgehead atoms. The van der Waals surface area contributed by atoms with Gasteiger partial charge >= 0.3 is 0 Å². The molecule has 0 aliphatic carbocycles. The molecule has 1 aromatic heterocycles. The zero-order valence-corrected chi connectivity index (χ0v) is 11.2. The SMILES string of the molecule is Cc1ccc(C(=O)NS(=O)(=O)c2cccs2)cc1. The van der Waals surface area contributed by atoms with Gasteiger partial charge in [-0.05, 0) is 30.5 Å². The van der Waals surface area contributed by atoms with Crippen LogP contribution in [0, 0.1) is 6.92 Å². The van der Waals surface area contributed by atoms with E-state index in [1.54, 1.807) is 35.7 Å². The average Bonchev–Trinajstić information content (AvgIpc) is 2.83. The Balaban J connectivity index is 2.20. The maximum absolute atomic E-state index is 11.8. The van der Waals surface area contributed by atoms with Crippen molar-refractivity contribution in [2.24, 2.45) is 0 Å². The molecule has 1 aromatic carbocycles. The second-order valence-corrected chi connectivity index (χ2v) is 6.59. The molecule has 0 spiro atoms. The largest absolute Gasteiger partial charge is 0.273 e. The van der Waals surface area contributed by atoms with Crippen LogP contribution in [-0.2, 0) is 10.0 Å². The van der Waals surface area contributed by atoms with Gasteiger partial charge in [0.1, 0.15) is 4.21 Å². The molecule has 1 N–H and O–H groups in total. The van der Waals surface area contributed by atoms with Gasteiger partial charge in [-0.3, -0.25) is 4.79 Å². The fraction of sp³-hybridized carbons (Fsp3) is 0.0833. The lowest BCUT2D eigenvalue weighted by atomic mass is 10.1. The van der Waals surface area contributed by atoms with E-state index in [1.807, 2.05) is 11.6 Å². The van der Waals surface area contributed by atoms with Gasteiger partial charge in [0.2, 0.25) is 0 Å². The lowest BCUT2D eigenvalue weighted by molar-refractivity contribution is 0.0981. The van der Waals surface area contributed by atoms with Crippen molar-refractivity contribution < 1.29 is 13.2 Å². The van der Waals surface area contributed by atoms with E-state index in [4.69, 9.17) is 0 Å². The molecule has 1 heterocycles. The Morgan fingerprint density at radius 1 is 1.17 bits per heavy atom. The van der Waals surface area contributed by atoms with Crippen LogP contribution >= 0.6 is 11.3 Å². The third-order valence-electron chi connectivity index (χ3n) is 2.30. The van der Waals surface area contributed by atoms with Crippen molar-refractivity contribution in [3.63, 3.8) is 0 Å². The van der Waals surface area contributed by atoms with Crippen LogP contribution < -0.4 is 4.72 Å². The number of rotatable bonds is 3. The molecule has 0 unspecified atom stereocenters. The minimum Gasteiger partial charge on any atom is -0.268 e. The number of benzene rings is 1. The van der Waals surface area contributed by atoms with Crippen molar-refractivity contribution in [3.05, 3.63) is 52.9 Å². The van der Waals surface area contributed by atoms with Crippen molar-refractivity contribution >= 4 is 27.3 Å². The van der Waals surface area contributed by atoms with E-state index in [0.717, 1.165) is 16.9 Å². The summed E-state index contributed by atoms with van der Waals surface area (Å²) in [7, 11) is -3.76. The number of hydrogen-bond donors (Lipinski definition) is 1. The van der Waals surface area contributed by atoms with E-state index in [0.29, 0.717) is 5.56 Å². The molecule has 4 nitrogen and oxygen atoms in total. The molecule has 1 amide bonds. The van der Waals surface area contributed by atoms with Crippen LogP contribution in [0.25, 0.3) is 0 Å². The first-order valence-corrected chi connectivity index (χ1v) is 7.53. The highest BCUT2D eigenvalue weighted by molar-refractivity contribution is 7.92. The van der Waals surface area contributed by atoms with Gasteiger partial charge in [-0.2, -0.15) is 0 Å². The van der Waals surface area contributed by atoms with Crippen molar-refractivity contribution in [2.75, 3.05) is 0 Å². The van der Waals surface area contributed by atoms with Gasteiger partial charge < -0.3 is 0 Å². The predicted octanol–water partition coefficient (Wildman–Crippen LogP) is 2.18. The van der Waals surface area contributed by atoms with Crippen molar-refractivity contribution in [3.8, 4) is 0 Å². The highest BCUT2D eigenvalue weighted by Crippen LogP contribution is 2.15. The Morgan fingerprint density at radius 3 is 2.39 bits per heavy atom. The van der Waals surface area contributed by atoms with Crippen LogP contribution in [0.1, 0.15) is 15.9 Å². The Labute approximate surface area is 109 Å². The summed E-state index contributed by atoms with van der Waals surface area (Å²) in [6, 6.07) is 9.77. The Morgan fingerprint density at radius 2 is 1.83 bits per heavy atom. The summed E-state index contributed by atoms with van der Waals surface area (Å²) in [6.07, 6.45) is 0. The maximum atomic E-state index is 11.8. The number of nitrogens with one attached hydrogen (secondary N) is 1. The molecule has 0 atom stereocenters. The average molecular weight is 281 g/mol. The number of hydrogen-bond acceptors (Lipinski definition) is 4. The van der Waals surface area contributed by atoms with Crippen LogP contribution in [0.3, 0.4) is 0 Å². The number of amides is 1. The summed E-state index contributed by atoms with van der Waals surface area (Å²) in [4.78, 5) is 11.8. The fourth-order valence-corrected chi connectivity index (χ4v) is 3.32.